The zero-order valence-electron chi connectivity index (χ0n) is 13.4. The van der Waals surface area contributed by atoms with E-state index < -0.39 is 12.0 Å². The van der Waals surface area contributed by atoms with Crippen LogP contribution < -0.4 is 10.2 Å². The normalized spacial score (nSPS) is 10.3. The summed E-state index contributed by atoms with van der Waals surface area (Å²) in [5, 5.41) is 12.2. The molecule has 0 aliphatic heterocycles. The standard InChI is InChI=1S/C18H18Br2N2O3/c19-9-11-22(12-10-20)16-7-5-14(6-8-16)13-1-3-15(4-2-13)17(23)21-18(24)25/h1-8H,9-12H2,(H,21,23)(H,24,25). The summed E-state index contributed by atoms with van der Waals surface area (Å²) in [5.41, 5.74) is 3.46. The van der Waals surface area contributed by atoms with E-state index in [0.717, 1.165) is 40.6 Å². The Kier molecular flexibility index (Phi) is 7.46. The highest BCUT2D eigenvalue weighted by Gasteiger charge is 2.09. The Labute approximate surface area is 163 Å². The lowest BCUT2D eigenvalue weighted by Crippen LogP contribution is -2.28. The molecule has 0 aromatic heterocycles. The summed E-state index contributed by atoms with van der Waals surface area (Å²) in [6, 6.07) is 15.1. The van der Waals surface area contributed by atoms with Crippen molar-refractivity contribution in [2.24, 2.45) is 0 Å². The molecule has 0 aliphatic carbocycles. The van der Waals surface area contributed by atoms with Crippen LogP contribution in [-0.4, -0.2) is 40.9 Å². The monoisotopic (exact) mass is 468 g/mol. The summed E-state index contributed by atoms with van der Waals surface area (Å²) in [6.45, 7) is 1.86. The van der Waals surface area contributed by atoms with Gasteiger partial charge in [0.15, 0.2) is 0 Å². The molecule has 0 aliphatic rings. The van der Waals surface area contributed by atoms with Crippen LogP contribution in [0.25, 0.3) is 11.1 Å². The van der Waals surface area contributed by atoms with Crippen LogP contribution in [0.3, 0.4) is 0 Å². The molecule has 132 valence electrons. The molecule has 0 bridgehead atoms. The lowest BCUT2D eigenvalue weighted by Gasteiger charge is -2.23. The maximum atomic E-state index is 11.6. The van der Waals surface area contributed by atoms with E-state index in [0.29, 0.717) is 5.56 Å². The zero-order valence-corrected chi connectivity index (χ0v) is 16.6. The molecule has 5 nitrogen and oxygen atoms in total. The largest absolute Gasteiger partial charge is 0.465 e. The Hall–Kier alpha value is -1.86. The predicted molar refractivity (Wildman–Crippen MR) is 107 cm³/mol. The molecule has 7 heteroatoms. The second-order valence-corrected chi connectivity index (χ2v) is 6.83. The molecule has 0 atom stereocenters. The van der Waals surface area contributed by atoms with Gasteiger partial charge in [0.2, 0.25) is 0 Å². The van der Waals surface area contributed by atoms with Gasteiger partial charge in [0, 0.05) is 35.0 Å². The van der Waals surface area contributed by atoms with E-state index in [-0.39, 0.29) is 0 Å². The first-order valence-corrected chi connectivity index (χ1v) is 9.91. The van der Waals surface area contributed by atoms with Gasteiger partial charge in [0.05, 0.1) is 0 Å². The van der Waals surface area contributed by atoms with E-state index >= 15 is 0 Å². The fraction of sp³-hybridized carbons (Fsp3) is 0.222. The van der Waals surface area contributed by atoms with Crippen molar-refractivity contribution in [1.82, 2.24) is 5.32 Å². The van der Waals surface area contributed by atoms with E-state index in [4.69, 9.17) is 5.11 Å². The van der Waals surface area contributed by atoms with Crippen molar-refractivity contribution >= 4 is 49.5 Å². The van der Waals surface area contributed by atoms with Crippen molar-refractivity contribution in [3.63, 3.8) is 0 Å². The third-order valence-corrected chi connectivity index (χ3v) is 4.35. The molecule has 2 aromatic rings. The number of rotatable bonds is 7. The SMILES string of the molecule is O=C(O)NC(=O)c1ccc(-c2ccc(N(CCBr)CCBr)cc2)cc1. The Morgan fingerprint density at radius 3 is 1.80 bits per heavy atom. The summed E-state index contributed by atoms with van der Waals surface area (Å²) >= 11 is 6.95. The number of imide groups is 1. The first-order valence-electron chi connectivity index (χ1n) is 7.67. The summed E-state index contributed by atoms with van der Waals surface area (Å²) in [6.07, 6.45) is -1.36. The van der Waals surface area contributed by atoms with Gasteiger partial charge in [0.25, 0.3) is 5.91 Å². The minimum Gasteiger partial charge on any atom is -0.465 e. The first-order chi connectivity index (χ1) is 12.0. The Morgan fingerprint density at radius 2 is 1.36 bits per heavy atom. The third-order valence-electron chi connectivity index (χ3n) is 3.64. The molecule has 0 spiro atoms. The van der Waals surface area contributed by atoms with Crippen LogP contribution in [0.4, 0.5) is 10.5 Å². The molecule has 0 unspecified atom stereocenters. The van der Waals surface area contributed by atoms with Crippen LogP contribution in [-0.2, 0) is 0 Å². The summed E-state index contributed by atoms with van der Waals surface area (Å²) < 4.78 is 0. The van der Waals surface area contributed by atoms with Gasteiger partial charge in [0.1, 0.15) is 0 Å². The number of nitrogens with one attached hydrogen (secondary N) is 1. The second kappa shape index (κ2) is 9.58. The highest BCUT2D eigenvalue weighted by Crippen LogP contribution is 2.24. The minimum atomic E-state index is -1.36. The quantitative estimate of drug-likeness (QED) is 0.591. The lowest BCUT2D eigenvalue weighted by atomic mass is 10.0. The second-order valence-electron chi connectivity index (χ2n) is 5.25. The number of alkyl halides is 2. The van der Waals surface area contributed by atoms with E-state index in [1.54, 1.807) is 24.3 Å². The van der Waals surface area contributed by atoms with Gasteiger partial charge in [-0.1, -0.05) is 56.1 Å². The van der Waals surface area contributed by atoms with Gasteiger partial charge in [-0.15, -0.1) is 0 Å². The number of benzene rings is 2. The average molecular weight is 470 g/mol. The van der Waals surface area contributed by atoms with Crippen molar-refractivity contribution in [2.45, 2.75) is 0 Å². The number of carboxylic acid groups (broad SMARTS) is 1. The predicted octanol–water partition coefficient (Wildman–Crippen LogP) is 4.36. The molecule has 0 heterocycles. The topological polar surface area (TPSA) is 69.6 Å². The highest BCUT2D eigenvalue weighted by atomic mass is 79.9. The van der Waals surface area contributed by atoms with Crippen molar-refractivity contribution in [2.75, 3.05) is 28.6 Å². The van der Waals surface area contributed by atoms with Gasteiger partial charge < -0.3 is 10.0 Å². The van der Waals surface area contributed by atoms with Crippen molar-refractivity contribution in [1.29, 1.82) is 0 Å². The Morgan fingerprint density at radius 1 is 0.880 bits per heavy atom. The fourth-order valence-corrected chi connectivity index (χ4v) is 3.28. The molecule has 2 rings (SSSR count). The number of hydrogen-bond acceptors (Lipinski definition) is 3. The number of carbonyl (C=O) groups excluding carboxylic acids is 1. The molecular weight excluding hydrogens is 452 g/mol. The highest BCUT2D eigenvalue weighted by molar-refractivity contribution is 9.09. The van der Waals surface area contributed by atoms with Gasteiger partial charge in [-0.25, -0.2) is 4.79 Å². The van der Waals surface area contributed by atoms with E-state index in [1.807, 2.05) is 17.4 Å². The van der Waals surface area contributed by atoms with E-state index in [1.165, 1.54) is 0 Å². The van der Waals surface area contributed by atoms with Gasteiger partial charge >= 0.3 is 6.09 Å². The molecule has 2 aromatic carbocycles. The average Bonchev–Trinajstić information content (AvgIpc) is 2.61. The lowest BCUT2D eigenvalue weighted by molar-refractivity contribution is 0.0948. The van der Waals surface area contributed by atoms with Gasteiger partial charge in [-0.2, -0.15) is 0 Å². The van der Waals surface area contributed by atoms with Crippen LogP contribution in [0.1, 0.15) is 10.4 Å². The van der Waals surface area contributed by atoms with E-state index in [2.05, 4.69) is 48.9 Å². The van der Waals surface area contributed by atoms with Crippen LogP contribution in [0.15, 0.2) is 48.5 Å². The van der Waals surface area contributed by atoms with Gasteiger partial charge in [-0.3, -0.25) is 10.1 Å². The molecule has 0 radical (unpaired) electrons. The summed E-state index contributed by atoms with van der Waals surface area (Å²) in [7, 11) is 0. The van der Waals surface area contributed by atoms with Gasteiger partial charge in [-0.05, 0) is 35.4 Å². The molecule has 0 saturated carbocycles. The zero-order chi connectivity index (χ0) is 18.2. The number of halogens is 2. The Balaban J connectivity index is 2.14. The smallest absolute Gasteiger partial charge is 0.411 e. The molecule has 25 heavy (non-hydrogen) atoms. The third kappa shape index (κ3) is 5.57. The van der Waals surface area contributed by atoms with Crippen molar-refractivity contribution in [3.05, 3.63) is 54.1 Å². The van der Waals surface area contributed by atoms with Crippen LogP contribution in [0.2, 0.25) is 0 Å². The van der Waals surface area contributed by atoms with Crippen molar-refractivity contribution in [3.8, 4) is 11.1 Å². The fourth-order valence-electron chi connectivity index (χ4n) is 2.42. The molecular formula is C18H18Br2N2O3. The molecule has 2 N–H and O–H groups in total. The first kappa shape index (κ1) is 19.5. The molecule has 0 fully saturated rings. The number of amides is 2. The number of anilines is 1. The van der Waals surface area contributed by atoms with E-state index in [9.17, 15) is 9.59 Å². The Bertz CT molecular complexity index is 712. The summed E-state index contributed by atoms with van der Waals surface area (Å²) in [4.78, 5) is 24.4. The molecule has 2 amide bonds. The maximum absolute atomic E-state index is 11.6. The number of nitrogens with zero attached hydrogens (tertiary/aromatic N) is 1. The summed E-state index contributed by atoms with van der Waals surface area (Å²) in [5.74, 6) is -0.630. The van der Waals surface area contributed by atoms with Crippen LogP contribution in [0, 0.1) is 0 Å². The van der Waals surface area contributed by atoms with Crippen LogP contribution in [0.5, 0.6) is 0 Å². The number of hydrogen-bond donors (Lipinski definition) is 2. The molecule has 0 saturated heterocycles. The maximum Gasteiger partial charge on any atom is 0.411 e. The van der Waals surface area contributed by atoms with Crippen molar-refractivity contribution < 1.29 is 14.7 Å². The number of carbonyl (C=O) groups is 2. The minimum absolute atomic E-state index is 0.309. The van der Waals surface area contributed by atoms with Crippen LogP contribution >= 0.6 is 31.9 Å².